The Morgan fingerprint density at radius 2 is 1.83 bits per heavy atom. The molecule has 1 aromatic heterocycles. The van der Waals surface area contributed by atoms with Gasteiger partial charge in [0, 0.05) is 26.2 Å². The fourth-order valence-electron chi connectivity index (χ4n) is 4.38. The van der Waals surface area contributed by atoms with E-state index in [1.807, 2.05) is 12.1 Å². The van der Waals surface area contributed by atoms with Crippen LogP contribution in [-0.4, -0.2) is 48.2 Å². The van der Waals surface area contributed by atoms with Crippen molar-refractivity contribution in [1.29, 1.82) is 0 Å². The van der Waals surface area contributed by atoms with Crippen LogP contribution in [0.2, 0.25) is 0 Å². The fraction of sp³-hybridized carbons (Fsp3) is 0.435. The van der Waals surface area contributed by atoms with E-state index in [-0.39, 0.29) is 24.8 Å². The number of anilines is 1. The zero-order chi connectivity index (χ0) is 18.9. The summed E-state index contributed by atoms with van der Waals surface area (Å²) < 4.78 is 6.18. The van der Waals surface area contributed by atoms with Crippen LogP contribution in [0.5, 0.6) is 5.75 Å². The molecule has 7 heteroatoms. The summed E-state index contributed by atoms with van der Waals surface area (Å²) >= 11 is 0. The van der Waals surface area contributed by atoms with Gasteiger partial charge in [0.2, 0.25) is 5.95 Å². The molecule has 1 N–H and O–H groups in total. The Hall–Kier alpha value is -1.95. The summed E-state index contributed by atoms with van der Waals surface area (Å²) in [4.78, 5) is 12.9. The van der Waals surface area contributed by atoms with E-state index in [1.165, 1.54) is 11.1 Å². The van der Waals surface area contributed by atoms with E-state index in [1.54, 1.807) is 0 Å². The number of nitrogens with one attached hydrogen (secondary N) is 1. The molecule has 162 valence electrons. The van der Waals surface area contributed by atoms with Gasteiger partial charge in [-0.15, -0.1) is 24.8 Å². The Morgan fingerprint density at radius 1 is 1.03 bits per heavy atom. The maximum atomic E-state index is 6.18. The van der Waals surface area contributed by atoms with Gasteiger partial charge >= 0.3 is 0 Å². The maximum absolute atomic E-state index is 6.18. The summed E-state index contributed by atoms with van der Waals surface area (Å²) in [5.74, 6) is 2.63. The Labute approximate surface area is 190 Å². The molecule has 0 bridgehead atoms. The first-order chi connectivity index (χ1) is 13.7. The quantitative estimate of drug-likeness (QED) is 0.628. The molecule has 2 aliphatic rings. The largest absolute Gasteiger partial charge is 0.493 e. The van der Waals surface area contributed by atoms with Gasteiger partial charge in [0.1, 0.15) is 5.75 Å². The predicted octanol–water partition coefficient (Wildman–Crippen LogP) is 4.69. The van der Waals surface area contributed by atoms with Gasteiger partial charge in [-0.25, -0.2) is 4.98 Å². The topological polar surface area (TPSA) is 44.4 Å². The minimum atomic E-state index is 0. The molecule has 3 aromatic rings. The van der Waals surface area contributed by atoms with E-state index >= 15 is 0 Å². The van der Waals surface area contributed by atoms with Crippen molar-refractivity contribution in [3.05, 3.63) is 53.6 Å². The Kier molecular flexibility index (Phi) is 7.50. The Morgan fingerprint density at radius 3 is 2.63 bits per heavy atom. The van der Waals surface area contributed by atoms with Crippen LogP contribution in [0.4, 0.5) is 5.95 Å². The lowest BCUT2D eigenvalue weighted by molar-refractivity contribution is 0.221. The van der Waals surface area contributed by atoms with Gasteiger partial charge in [-0.3, -0.25) is 0 Å². The number of hydrogen-bond acceptors (Lipinski definition) is 4. The van der Waals surface area contributed by atoms with Crippen molar-refractivity contribution in [3.63, 3.8) is 0 Å². The second kappa shape index (κ2) is 9.90. The maximum Gasteiger partial charge on any atom is 0.203 e. The number of benzene rings is 2. The number of H-pyrrole nitrogens is 1. The van der Waals surface area contributed by atoms with Gasteiger partial charge in [-0.2, -0.15) is 0 Å². The molecule has 2 aliphatic heterocycles. The van der Waals surface area contributed by atoms with Crippen molar-refractivity contribution in [2.45, 2.75) is 25.8 Å². The van der Waals surface area contributed by atoms with Gasteiger partial charge in [0.25, 0.3) is 0 Å². The molecule has 1 saturated heterocycles. The molecule has 3 heterocycles. The highest BCUT2D eigenvalue weighted by atomic mass is 35.5. The van der Waals surface area contributed by atoms with E-state index in [4.69, 9.17) is 9.72 Å². The molecule has 1 fully saturated rings. The number of aromatic nitrogens is 2. The summed E-state index contributed by atoms with van der Waals surface area (Å²) in [6, 6.07) is 14.9. The Balaban J connectivity index is 0.00000128. The van der Waals surface area contributed by atoms with Crippen molar-refractivity contribution in [1.82, 2.24) is 14.9 Å². The number of piperidine rings is 1. The van der Waals surface area contributed by atoms with Gasteiger partial charge < -0.3 is 19.5 Å². The van der Waals surface area contributed by atoms with Crippen molar-refractivity contribution < 1.29 is 4.74 Å². The molecule has 0 aliphatic carbocycles. The minimum absolute atomic E-state index is 0. The molecular formula is C23H30Cl2N4O. The molecule has 0 radical (unpaired) electrons. The van der Waals surface area contributed by atoms with Crippen molar-refractivity contribution in [2.24, 2.45) is 5.92 Å². The van der Waals surface area contributed by atoms with Crippen LogP contribution < -0.4 is 9.64 Å². The van der Waals surface area contributed by atoms with Crippen molar-refractivity contribution in [2.75, 3.05) is 38.2 Å². The number of ether oxygens (including phenoxy) is 1. The highest BCUT2D eigenvalue weighted by Crippen LogP contribution is 2.26. The summed E-state index contributed by atoms with van der Waals surface area (Å²) in [7, 11) is 2.19. The second-order valence-corrected chi connectivity index (χ2v) is 8.24. The van der Waals surface area contributed by atoms with E-state index in [0.717, 1.165) is 74.8 Å². The average molecular weight is 449 g/mol. The lowest BCUT2D eigenvalue weighted by atomic mass is 9.98. The van der Waals surface area contributed by atoms with Crippen LogP contribution in [0, 0.1) is 5.92 Å². The normalized spacial score (nSPS) is 17.2. The van der Waals surface area contributed by atoms with E-state index in [9.17, 15) is 0 Å². The van der Waals surface area contributed by atoms with Crippen LogP contribution in [0.3, 0.4) is 0 Å². The SMILES string of the molecule is CN1CCc2ccc(OCC3CCN(c4nc5ccccc5[nH]4)CC3)cc2C1.Cl.Cl. The van der Waals surface area contributed by atoms with E-state index in [2.05, 4.69) is 52.2 Å². The van der Waals surface area contributed by atoms with E-state index in [0.29, 0.717) is 5.92 Å². The summed E-state index contributed by atoms with van der Waals surface area (Å²) in [5, 5.41) is 0. The minimum Gasteiger partial charge on any atom is -0.493 e. The molecule has 2 aromatic carbocycles. The molecule has 0 amide bonds. The molecule has 5 nitrogen and oxygen atoms in total. The average Bonchev–Trinajstić information content (AvgIpc) is 3.16. The third-order valence-electron chi connectivity index (χ3n) is 6.16. The zero-order valence-corrected chi connectivity index (χ0v) is 19.0. The second-order valence-electron chi connectivity index (χ2n) is 8.24. The van der Waals surface area contributed by atoms with Gasteiger partial charge in [0.05, 0.1) is 17.6 Å². The highest BCUT2D eigenvalue weighted by molar-refractivity contribution is 5.85. The molecule has 0 spiro atoms. The van der Waals surface area contributed by atoms with Gasteiger partial charge in [0.15, 0.2) is 0 Å². The number of fused-ring (bicyclic) bond motifs is 2. The summed E-state index contributed by atoms with van der Waals surface area (Å²) in [5.41, 5.74) is 5.05. The van der Waals surface area contributed by atoms with Crippen LogP contribution in [0.15, 0.2) is 42.5 Å². The number of likely N-dealkylation sites (N-methyl/N-ethyl adjacent to an activating group) is 1. The summed E-state index contributed by atoms with van der Waals surface area (Å²) in [6.45, 7) is 5.05. The first kappa shape index (κ1) is 22.7. The van der Waals surface area contributed by atoms with Crippen LogP contribution in [0.25, 0.3) is 11.0 Å². The first-order valence-corrected chi connectivity index (χ1v) is 10.4. The zero-order valence-electron chi connectivity index (χ0n) is 17.3. The lowest BCUT2D eigenvalue weighted by Crippen LogP contribution is -2.36. The Bertz CT molecular complexity index is 936. The number of nitrogens with zero attached hydrogens (tertiary/aromatic N) is 3. The predicted molar refractivity (Wildman–Crippen MR) is 128 cm³/mol. The number of halogens is 2. The van der Waals surface area contributed by atoms with Crippen LogP contribution in [0.1, 0.15) is 24.0 Å². The number of imidazole rings is 1. The van der Waals surface area contributed by atoms with Crippen molar-refractivity contribution in [3.8, 4) is 5.75 Å². The molecule has 30 heavy (non-hydrogen) atoms. The fourth-order valence-corrected chi connectivity index (χ4v) is 4.38. The lowest BCUT2D eigenvalue weighted by Gasteiger charge is -2.31. The van der Waals surface area contributed by atoms with Crippen LogP contribution >= 0.6 is 24.8 Å². The van der Waals surface area contributed by atoms with Gasteiger partial charge in [-0.1, -0.05) is 18.2 Å². The standard InChI is InChI=1S/C23H28N4O.2ClH/c1-26-11-10-18-6-7-20(14-19(18)15-26)28-16-17-8-12-27(13-9-17)23-24-21-4-2-3-5-22(21)25-23;;/h2-7,14,17H,8-13,15-16H2,1H3,(H,24,25);2*1H. The monoisotopic (exact) mass is 448 g/mol. The number of rotatable bonds is 4. The summed E-state index contributed by atoms with van der Waals surface area (Å²) in [6.07, 6.45) is 3.43. The molecular weight excluding hydrogens is 419 g/mol. The number of para-hydroxylation sites is 2. The smallest absolute Gasteiger partial charge is 0.203 e. The van der Waals surface area contributed by atoms with Gasteiger partial charge in [-0.05, 0) is 67.6 Å². The van der Waals surface area contributed by atoms with Crippen molar-refractivity contribution >= 4 is 41.8 Å². The molecule has 0 saturated carbocycles. The number of hydrogen-bond donors (Lipinski definition) is 1. The van der Waals surface area contributed by atoms with E-state index < -0.39 is 0 Å². The third kappa shape index (κ3) is 4.85. The number of aromatic amines is 1. The molecule has 5 rings (SSSR count). The third-order valence-corrected chi connectivity index (χ3v) is 6.16. The molecule has 0 unspecified atom stereocenters. The first-order valence-electron chi connectivity index (χ1n) is 10.4. The highest BCUT2D eigenvalue weighted by Gasteiger charge is 2.22. The molecule has 0 atom stereocenters. The van der Waals surface area contributed by atoms with Crippen LogP contribution in [-0.2, 0) is 13.0 Å².